The van der Waals surface area contributed by atoms with Crippen LogP contribution in [0.5, 0.6) is 0 Å². The highest BCUT2D eigenvalue weighted by atomic mass is 16.2. The molecule has 2 amide bonds. The van der Waals surface area contributed by atoms with Gasteiger partial charge in [0.2, 0.25) is 11.8 Å². The number of amides is 2. The maximum absolute atomic E-state index is 12.7. The summed E-state index contributed by atoms with van der Waals surface area (Å²) in [5.74, 6) is 1.03. The molecule has 2 aliphatic carbocycles. The fourth-order valence-electron chi connectivity index (χ4n) is 5.13. The van der Waals surface area contributed by atoms with Crippen LogP contribution in [0.3, 0.4) is 0 Å². The summed E-state index contributed by atoms with van der Waals surface area (Å²) >= 11 is 0. The Morgan fingerprint density at radius 1 is 1.22 bits per heavy atom. The van der Waals surface area contributed by atoms with E-state index in [9.17, 15) is 9.59 Å². The summed E-state index contributed by atoms with van der Waals surface area (Å²) in [6.07, 6.45) is 10.6. The Labute approximate surface area is 138 Å². The van der Waals surface area contributed by atoms with Gasteiger partial charge in [-0.3, -0.25) is 9.59 Å². The van der Waals surface area contributed by atoms with E-state index in [1.807, 2.05) is 11.0 Å². The van der Waals surface area contributed by atoms with Crippen LogP contribution in [0, 0.1) is 16.7 Å². The second-order valence-electron chi connectivity index (χ2n) is 8.36. The molecular formula is C19H28N2O2. The third kappa shape index (κ3) is 2.50. The summed E-state index contributed by atoms with van der Waals surface area (Å²) in [7, 11) is 0. The Morgan fingerprint density at radius 2 is 1.96 bits per heavy atom. The van der Waals surface area contributed by atoms with E-state index in [0.717, 1.165) is 45.3 Å². The zero-order valence-corrected chi connectivity index (χ0v) is 14.1. The lowest BCUT2D eigenvalue weighted by Gasteiger charge is -2.47. The van der Waals surface area contributed by atoms with Crippen molar-refractivity contribution in [2.75, 3.05) is 26.2 Å². The van der Waals surface area contributed by atoms with Gasteiger partial charge in [0.05, 0.1) is 0 Å². The third-order valence-corrected chi connectivity index (χ3v) is 7.07. The van der Waals surface area contributed by atoms with Crippen molar-refractivity contribution < 1.29 is 9.59 Å². The number of carbonyl (C=O) groups is 2. The highest BCUT2D eigenvalue weighted by Gasteiger charge is 2.61. The molecule has 2 saturated carbocycles. The first-order chi connectivity index (χ1) is 11.1. The molecule has 0 N–H and O–H groups in total. The Bertz CT molecular complexity index is 529. The third-order valence-electron chi connectivity index (χ3n) is 7.07. The van der Waals surface area contributed by atoms with Gasteiger partial charge in [0.15, 0.2) is 0 Å². The van der Waals surface area contributed by atoms with Crippen molar-refractivity contribution in [3.8, 4) is 0 Å². The molecule has 2 spiro atoms. The number of nitrogens with zero attached hydrogens (tertiary/aromatic N) is 2. The van der Waals surface area contributed by atoms with Crippen LogP contribution in [0.2, 0.25) is 0 Å². The molecule has 4 fully saturated rings. The van der Waals surface area contributed by atoms with Crippen molar-refractivity contribution in [2.24, 2.45) is 16.7 Å². The van der Waals surface area contributed by atoms with E-state index in [0.29, 0.717) is 30.2 Å². The number of likely N-dealkylation sites (tertiary alicyclic amines) is 2. The van der Waals surface area contributed by atoms with Crippen LogP contribution in [0.15, 0.2) is 12.7 Å². The van der Waals surface area contributed by atoms with Crippen LogP contribution >= 0.6 is 0 Å². The smallest absolute Gasteiger partial charge is 0.226 e. The average molecular weight is 316 g/mol. The van der Waals surface area contributed by atoms with E-state index >= 15 is 0 Å². The minimum atomic E-state index is 0.241. The molecule has 0 aromatic heterocycles. The summed E-state index contributed by atoms with van der Waals surface area (Å²) in [4.78, 5) is 28.8. The first-order valence-electron chi connectivity index (χ1n) is 9.25. The average Bonchev–Trinajstić information content (AvgIpc) is 3.28. The minimum absolute atomic E-state index is 0.241. The normalized spacial score (nSPS) is 31.1. The molecule has 4 rings (SSSR count). The van der Waals surface area contributed by atoms with Gasteiger partial charge >= 0.3 is 0 Å². The molecule has 0 radical (unpaired) electrons. The Balaban J connectivity index is 1.34. The summed E-state index contributed by atoms with van der Waals surface area (Å²) in [5.41, 5.74) is 0.676. The molecule has 1 atom stereocenters. The maximum Gasteiger partial charge on any atom is 0.226 e. The molecule has 0 unspecified atom stereocenters. The van der Waals surface area contributed by atoms with Gasteiger partial charge in [0.25, 0.3) is 0 Å². The second kappa shape index (κ2) is 5.35. The summed E-state index contributed by atoms with van der Waals surface area (Å²) in [5, 5.41) is 0. The van der Waals surface area contributed by atoms with Gasteiger partial charge in [-0.25, -0.2) is 0 Å². The topological polar surface area (TPSA) is 40.6 Å². The van der Waals surface area contributed by atoms with Crippen molar-refractivity contribution in [3.63, 3.8) is 0 Å². The van der Waals surface area contributed by atoms with Gasteiger partial charge in [-0.2, -0.15) is 0 Å². The summed E-state index contributed by atoms with van der Waals surface area (Å²) in [6.45, 7) is 7.06. The predicted molar refractivity (Wildman–Crippen MR) is 88.6 cm³/mol. The van der Waals surface area contributed by atoms with Crippen molar-refractivity contribution in [3.05, 3.63) is 12.7 Å². The lowest BCUT2D eigenvalue weighted by molar-refractivity contribution is -0.143. The summed E-state index contributed by atoms with van der Waals surface area (Å²) in [6, 6.07) is 0. The van der Waals surface area contributed by atoms with Crippen molar-refractivity contribution >= 4 is 11.8 Å². The fraction of sp³-hybridized carbons (Fsp3) is 0.789. The molecule has 2 heterocycles. The highest BCUT2D eigenvalue weighted by molar-refractivity contribution is 5.83. The molecule has 0 bridgehead atoms. The minimum Gasteiger partial charge on any atom is -0.342 e. The summed E-state index contributed by atoms with van der Waals surface area (Å²) < 4.78 is 0. The molecule has 0 aromatic rings. The van der Waals surface area contributed by atoms with Gasteiger partial charge in [-0.1, -0.05) is 12.5 Å². The number of carbonyl (C=O) groups excluding carboxylic acids is 2. The van der Waals surface area contributed by atoms with Crippen LogP contribution in [-0.2, 0) is 9.59 Å². The number of hydrogen-bond acceptors (Lipinski definition) is 2. The van der Waals surface area contributed by atoms with Gasteiger partial charge in [0.1, 0.15) is 0 Å². The van der Waals surface area contributed by atoms with E-state index < -0.39 is 0 Å². The molecule has 0 aromatic carbocycles. The number of rotatable bonds is 3. The molecule has 4 aliphatic rings. The Hall–Kier alpha value is -1.32. The van der Waals surface area contributed by atoms with Crippen LogP contribution in [0.4, 0.5) is 0 Å². The first kappa shape index (κ1) is 15.2. The zero-order chi connectivity index (χ0) is 16.1. The van der Waals surface area contributed by atoms with Crippen molar-refractivity contribution in [1.82, 2.24) is 9.80 Å². The Morgan fingerprint density at radius 3 is 2.52 bits per heavy atom. The standard InChI is InChI=1S/C19H28N2O2/c1-2-10-21-14-18(7-4-16(21)22)8-11-20(12-9-18)17(23)15-13-19(15)5-3-6-19/h2,15H,1,3-14H2/t15-/m1/s1. The van der Waals surface area contributed by atoms with Crippen molar-refractivity contribution in [2.45, 2.75) is 51.4 Å². The maximum atomic E-state index is 12.7. The van der Waals surface area contributed by atoms with Crippen LogP contribution < -0.4 is 0 Å². The molecular weight excluding hydrogens is 288 g/mol. The zero-order valence-electron chi connectivity index (χ0n) is 14.1. The monoisotopic (exact) mass is 316 g/mol. The van der Waals surface area contributed by atoms with Gasteiger partial charge in [-0.15, -0.1) is 6.58 Å². The predicted octanol–water partition coefficient (Wildman–Crippen LogP) is 2.59. The highest BCUT2D eigenvalue weighted by Crippen LogP contribution is 2.66. The van der Waals surface area contributed by atoms with Crippen molar-refractivity contribution in [1.29, 1.82) is 0 Å². The first-order valence-corrected chi connectivity index (χ1v) is 9.25. The molecule has 2 aliphatic heterocycles. The van der Waals surface area contributed by atoms with E-state index in [-0.39, 0.29) is 11.3 Å². The number of hydrogen-bond donors (Lipinski definition) is 0. The van der Waals surface area contributed by atoms with Crippen LogP contribution in [0.25, 0.3) is 0 Å². The lowest BCUT2D eigenvalue weighted by Crippen LogP contribution is -2.52. The SMILES string of the molecule is C=CCN1CC2(CCC1=O)CCN(C(=O)[C@H]1CC13CCC3)CC2. The molecule has 4 nitrogen and oxygen atoms in total. The van der Waals surface area contributed by atoms with Gasteiger partial charge < -0.3 is 9.80 Å². The largest absolute Gasteiger partial charge is 0.342 e. The lowest BCUT2D eigenvalue weighted by atomic mass is 9.72. The fourth-order valence-corrected chi connectivity index (χ4v) is 5.13. The van der Waals surface area contributed by atoms with Crippen LogP contribution in [0.1, 0.15) is 51.4 Å². The molecule has 2 saturated heterocycles. The van der Waals surface area contributed by atoms with Crippen LogP contribution in [-0.4, -0.2) is 47.8 Å². The van der Waals surface area contributed by atoms with E-state index in [2.05, 4.69) is 11.5 Å². The van der Waals surface area contributed by atoms with E-state index in [1.54, 1.807) is 0 Å². The van der Waals surface area contributed by atoms with E-state index in [4.69, 9.17) is 0 Å². The number of piperidine rings is 2. The van der Waals surface area contributed by atoms with E-state index in [1.165, 1.54) is 19.3 Å². The van der Waals surface area contributed by atoms with Gasteiger partial charge in [0, 0.05) is 38.5 Å². The second-order valence-corrected chi connectivity index (χ2v) is 8.36. The molecule has 126 valence electrons. The molecule has 4 heteroatoms. The quantitative estimate of drug-likeness (QED) is 0.751. The Kier molecular flexibility index (Phi) is 3.54. The molecule has 23 heavy (non-hydrogen) atoms. The van der Waals surface area contributed by atoms with Gasteiger partial charge in [-0.05, 0) is 49.4 Å².